The lowest BCUT2D eigenvalue weighted by Gasteiger charge is -2.17. The second-order valence-corrected chi connectivity index (χ2v) is 5.82. The van der Waals surface area contributed by atoms with Crippen LogP contribution in [0.15, 0.2) is 53.9 Å². The van der Waals surface area contributed by atoms with E-state index >= 15 is 0 Å². The lowest BCUT2D eigenvalue weighted by atomic mass is 9.98. The molecule has 108 valence electrons. The van der Waals surface area contributed by atoms with Gasteiger partial charge in [-0.15, -0.1) is 11.3 Å². The van der Waals surface area contributed by atoms with Gasteiger partial charge in [-0.05, 0) is 54.1 Å². The van der Waals surface area contributed by atoms with Gasteiger partial charge in [-0.25, -0.2) is 0 Å². The number of thiophene rings is 1. The number of ether oxygens (including phenoxy) is 1. The van der Waals surface area contributed by atoms with Crippen LogP contribution in [0.4, 0.5) is 0 Å². The number of hydrogen-bond acceptors (Lipinski definition) is 3. The molecule has 0 fully saturated rings. The SMILES string of the molecule is CCOc1ccc(C(NC)c2csc3ccccc23)cc1. The van der Waals surface area contributed by atoms with Crippen molar-refractivity contribution in [2.75, 3.05) is 13.7 Å². The Labute approximate surface area is 129 Å². The third kappa shape index (κ3) is 2.80. The Morgan fingerprint density at radius 3 is 2.57 bits per heavy atom. The summed E-state index contributed by atoms with van der Waals surface area (Å²) >= 11 is 1.80. The Balaban J connectivity index is 1.97. The Morgan fingerprint density at radius 1 is 1.10 bits per heavy atom. The Bertz CT molecular complexity index is 717. The molecule has 0 aliphatic rings. The molecule has 1 atom stereocenters. The zero-order chi connectivity index (χ0) is 14.7. The number of nitrogens with one attached hydrogen (secondary N) is 1. The molecule has 0 aliphatic carbocycles. The van der Waals surface area contributed by atoms with E-state index in [0.29, 0.717) is 6.61 Å². The molecule has 1 unspecified atom stereocenters. The monoisotopic (exact) mass is 297 g/mol. The lowest BCUT2D eigenvalue weighted by Crippen LogP contribution is -2.17. The van der Waals surface area contributed by atoms with Crippen molar-refractivity contribution in [1.82, 2.24) is 5.32 Å². The quantitative estimate of drug-likeness (QED) is 0.742. The van der Waals surface area contributed by atoms with Gasteiger partial charge in [0.25, 0.3) is 0 Å². The van der Waals surface area contributed by atoms with Crippen molar-refractivity contribution in [1.29, 1.82) is 0 Å². The van der Waals surface area contributed by atoms with Gasteiger partial charge < -0.3 is 10.1 Å². The van der Waals surface area contributed by atoms with Gasteiger partial charge in [-0.1, -0.05) is 30.3 Å². The van der Waals surface area contributed by atoms with Crippen LogP contribution < -0.4 is 10.1 Å². The van der Waals surface area contributed by atoms with E-state index in [0.717, 1.165) is 5.75 Å². The average molecular weight is 297 g/mol. The van der Waals surface area contributed by atoms with E-state index in [-0.39, 0.29) is 6.04 Å². The summed E-state index contributed by atoms with van der Waals surface area (Å²) in [6.07, 6.45) is 0. The highest BCUT2D eigenvalue weighted by Crippen LogP contribution is 2.33. The molecule has 0 saturated heterocycles. The summed E-state index contributed by atoms with van der Waals surface area (Å²) in [5.41, 5.74) is 2.59. The molecule has 3 heteroatoms. The third-order valence-corrected chi connectivity index (χ3v) is 4.62. The van der Waals surface area contributed by atoms with E-state index in [1.807, 2.05) is 26.1 Å². The number of fused-ring (bicyclic) bond motifs is 1. The van der Waals surface area contributed by atoms with Crippen LogP contribution >= 0.6 is 11.3 Å². The summed E-state index contributed by atoms with van der Waals surface area (Å²) in [7, 11) is 2.01. The zero-order valence-electron chi connectivity index (χ0n) is 12.3. The van der Waals surface area contributed by atoms with E-state index in [1.165, 1.54) is 21.2 Å². The highest BCUT2D eigenvalue weighted by Gasteiger charge is 2.16. The van der Waals surface area contributed by atoms with Crippen molar-refractivity contribution in [2.24, 2.45) is 0 Å². The summed E-state index contributed by atoms with van der Waals surface area (Å²) in [6, 6.07) is 17.1. The van der Waals surface area contributed by atoms with Crippen molar-refractivity contribution >= 4 is 21.4 Å². The highest BCUT2D eigenvalue weighted by atomic mass is 32.1. The molecular weight excluding hydrogens is 278 g/mol. The standard InChI is InChI=1S/C18H19NOS/c1-3-20-14-10-8-13(9-11-14)18(19-2)16-12-21-17-7-5-4-6-15(16)17/h4-12,18-19H,3H2,1-2H3. The fraction of sp³-hybridized carbons (Fsp3) is 0.222. The first kappa shape index (κ1) is 14.1. The molecule has 1 heterocycles. The maximum Gasteiger partial charge on any atom is 0.119 e. The predicted octanol–water partition coefficient (Wildman–Crippen LogP) is 4.61. The molecule has 0 aliphatic heterocycles. The van der Waals surface area contributed by atoms with Crippen molar-refractivity contribution in [3.8, 4) is 5.75 Å². The van der Waals surface area contributed by atoms with Crippen molar-refractivity contribution in [3.05, 3.63) is 65.0 Å². The minimum Gasteiger partial charge on any atom is -0.494 e. The van der Waals surface area contributed by atoms with Crippen LogP contribution in [-0.4, -0.2) is 13.7 Å². The Hall–Kier alpha value is -1.84. The topological polar surface area (TPSA) is 21.3 Å². The van der Waals surface area contributed by atoms with Crippen molar-refractivity contribution < 1.29 is 4.74 Å². The van der Waals surface area contributed by atoms with Gasteiger partial charge in [0.1, 0.15) is 5.75 Å². The molecule has 1 N–H and O–H groups in total. The molecule has 2 nitrogen and oxygen atoms in total. The van der Waals surface area contributed by atoms with Crippen LogP contribution in [-0.2, 0) is 0 Å². The molecule has 21 heavy (non-hydrogen) atoms. The van der Waals surface area contributed by atoms with E-state index in [1.54, 1.807) is 11.3 Å². The minimum atomic E-state index is 0.205. The first-order valence-electron chi connectivity index (χ1n) is 7.19. The fourth-order valence-corrected chi connectivity index (χ4v) is 3.63. The second-order valence-electron chi connectivity index (χ2n) is 4.91. The van der Waals surface area contributed by atoms with Gasteiger partial charge in [0, 0.05) is 4.70 Å². The molecule has 3 aromatic rings. The lowest BCUT2D eigenvalue weighted by molar-refractivity contribution is 0.340. The largest absolute Gasteiger partial charge is 0.494 e. The zero-order valence-corrected chi connectivity index (χ0v) is 13.1. The average Bonchev–Trinajstić information content (AvgIpc) is 2.94. The van der Waals surface area contributed by atoms with Gasteiger partial charge in [0.2, 0.25) is 0 Å². The van der Waals surface area contributed by atoms with E-state index in [4.69, 9.17) is 4.74 Å². The van der Waals surface area contributed by atoms with E-state index < -0.39 is 0 Å². The van der Waals surface area contributed by atoms with Gasteiger partial charge in [0.05, 0.1) is 12.6 Å². The Morgan fingerprint density at radius 2 is 1.86 bits per heavy atom. The van der Waals surface area contributed by atoms with Crippen LogP contribution in [0.25, 0.3) is 10.1 Å². The molecule has 0 bridgehead atoms. The number of hydrogen-bond donors (Lipinski definition) is 1. The summed E-state index contributed by atoms with van der Waals surface area (Å²) in [4.78, 5) is 0. The van der Waals surface area contributed by atoms with Crippen LogP contribution in [0, 0.1) is 0 Å². The van der Waals surface area contributed by atoms with Crippen molar-refractivity contribution in [3.63, 3.8) is 0 Å². The minimum absolute atomic E-state index is 0.205. The number of benzene rings is 2. The summed E-state index contributed by atoms with van der Waals surface area (Å²) < 4.78 is 6.85. The van der Waals surface area contributed by atoms with Crippen LogP contribution in [0.2, 0.25) is 0 Å². The summed E-state index contributed by atoms with van der Waals surface area (Å²) in [5.74, 6) is 0.922. The second kappa shape index (κ2) is 6.29. The van der Waals surface area contributed by atoms with E-state index in [2.05, 4.69) is 47.1 Å². The number of rotatable bonds is 5. The fourth-order valence-electron chi connectivity index (χ4n) is 2.65. The van der Waals surface area contributed by atoms with Crippen molar-refractivity contribution in [2.45, 2.75) is 13.0 Å². The highest BCUT2D eigenvalue weighted by molar-refractivity contribution is 7.17. The first-order valence-corrected chi connectivity index (χ1v) is 8.07. The molecule has 0 spiro atoms. The third-order valence-electron chi connectivity index (χ3n) is 3.64. The molecule has 2 aromatic carbocycles. The van der Waals surface area contributed by atoms with Crippen LogP contribution in [0.3, 0.4) is 0 Å². The maximum atomic E-state index is 5.52. The summed E-state index contributed by atoms with van der Waals surface area (Å²) in [6.45, 7) is 2.70. The van der Waals surface area contributed by atoms with Crippen LogP contribution in [0.5, 0.6) is 5.75 Å². The summed E-state index contributed by atoms with van der Waals surface area (Å²) in [5, 5.41) is 7.01. The van der Waals surface area contributed by atoms with Gasteiger partial charge in [-0.2, -0.15) is 0 Å². The predicted molar refractivity (Wildman–Crippen MR) is 90.3 cm³/mol. The molecule has 0 saturated carbocycles. The Kier molecular flexibility index (Phi) is 4.23. The molecule has 0 radical (unpaired) electrons. The normalized spacial score (nSPS) is 12.5. The smallest absolute Gasteiger partial charge is 0.119 e. The molecule has 1 aromatic heterocycles. The van der Waals surface area contributed by atoms with Gasteiger partial charge in [-0.3, -0.25) is 0 Å². The molecule has 0 amide bonds. The molecule has 3 rings (SSSR count). The molecular formula is C18H19NOS. The van der Waals surface area contributed by atoms with E-state index in [9.17, 15) is 0 Å². The van der Waals surface area contributed by atoms with Gasteiger partial charge >= 0.3 is 0 Å². The van der Waals surface area contributed by atoms with Crippen LogP contribution in [0.1, 0.15) is 24.1 Å². The van der Waals surface area contributed by atoms with Gasteiger partial charge in [0.15, 0.2) is 0 Å². The first-order chi connectivity index (χ1) is 10.3. The maximum absolute atomic E-state index is 5.52.